The van der Waals surface area contributed by atoms with Gasteiger partial charge in [-0.1, -0.05) is 38.5 Å². The quantitative estimate of drug-likeness (QED) is 0.372. The van der Waals surface area contributed by atoms with Crippen LogP contribution < -0.4 is 0 Å². The van der Waals surface area contributed by atoms with Crippen molar-refractivity contribution in [1.29, 1.82) is 0 Å². The van der Waals surface area contributed by atoms with Gasteiger partial charge in [-0.2, -0.15) is 8.42 Å². The topological polar surface area (TPSA) is 52.6 Å². The van der Waals surface area contributed by atoms with Gasteiger partial charge in [-0.25, -0.2) is 0 Å². The Hall–Kier alpha value is -0.343. The van der Waals surface area contributed by atoms with Gasteiger partial charge in [-0.05, 0) is 43.6 Å². The Kier molecular flexibility index (Phi) is 7.34. The van der Waals surface area contributed by atoms with Gasteiger partial charge in [-0.15, -0.1) is 0 Å². The van der Waals surface area contributed by atoms with Gasteiger partial charge in [-0.3, -0.25) is 4.18 Å². The van der Waals surface area contributed by atoms with E-state index < -0.39 is 17.5 Å². The van der Waals surface area contributed by atoms with Gasteiger partial charge in [0.15, 0.2) is 8.32 Å². The zero-order valence-electron chi connectivity index (χ0n) is 14.9. The van der Waals surface area contributed by atoms with E-state index in [1.165, 1.54) is 0 Å². The molecule has 0 saturated carbocycles. The van der Waals surface area contributed by atoms with Crippen LogP contribution in [-0.2, 0) is 17.8 Å². The van der Waals surface area contributed by atoms with Crippen molar-refractivity contribution in [2.75, 3.05) is 13.2 Å². The highest BCUT2D eigenvalue weighted by molar-refractivity contribution is 8.70. The molecule has 0 aliphatic carbocycles. The summed E-state index contributed by atoms with van der Waals surface area (Å²) >= 11 is 0. The smallest absolute Gasteiger partial charge is 0.326 e. The molecule has 0 N–H and O–H groups in total. The Morgan fingerprint density at radius 3 is 2.17 bits per heavy atom. The molecule has 4 nitrogen and oxygen atoms in total. The highest BCUT2D eigenvalue weighted by atomic mass is 33.1. The molecule has 0 amide bonds. The molecule has 23 heavy (non-hydrogen) atoms. The van der Waals surface area contributed by atoms with Crippen molar-refractivity contribution in [3.05, 3.63) is 29.8 Å². The molecular formula is C16H28O4S2Si. The Morgan fingerprint density at radius 1 is 1.09 bits per heavy atom. The fourth-order valence-electron chi connectivity index (χ4n) is 1.50. The maximum atomic E-state index is 11.9. The Labute approximate surface area is 145 Å². The van der Waals surface area contributed by atoms with E-state index in [2.05, 4.69) is 33.9 Å². The molecule has 0 bridgehead atoms. The average Bonchev–Trinajstić information content (AvgIpc) is 2.39. The number of rotatable bonds is 8. The van der Waals surface area contributed by atoms with Gasteiger partial charge in [0.25, 0.3) is 0 Å². The number of hydrogen-bond donors (Lipinski definition) is 0. The zero-order valence-corrected chi connectivity index (χ0v) is 17.5. The summed E-state index contributed by atoms with van der Waals surface area (Å²) in [6.45, 7) is 13.5. The van der Waals surface area contributed by atoms with Crippen molar-refractivity contribution in [3.8, 4) is 0 Å². The minimum atomic E-state index is -3.62. The summed E-state index contributed by atoms with van der Waals surface area (Å²) in [7, 11) is -4.66. The fourth-order valence-corrected chi connectivity index (χ4v) is 4.83. The van der Waals surface area contributed by atoms with Crippen molar-refractivity contribution in [3.63, 3.8) is 0 Å². The maximum Gasteiger partial charge on any atom is 0.326 e. The van der Waals surface area contributed by atoms with E-state index in [1.54, 1.807) is 12.1 Å². The van der Waals surface area contributed by atoms with Crippen molar-refractivity contribution in [2.45, 2.75) is 57.1 Å². The SMILES string of the molecule is Cc1ccc(SS(=O)(=O)OCCCO[Si](C)(C)C(C)(C)C)cc1. The lowest BCUT2D eigenvalue weighted by Gasteiger charge is -2.36. The predicted molar refractivity (Wildman–Crippen MR) is 99.7 cm³/mol. The summed E-state index contributed by atoms with van der Waals surface area (Å²) in [6.07, 6.45) is 0.570. The first-order chi connectivity index (χ1) is 10.4. The van der Waals surface area contributed by atoms with Gasteiger partial charge >= 0.3 is 9.15 Å². The van der Waals surface area contributed by atoms with Crippen LogP contribution in [-0.4, -0.2) is 29.9 Å². The third kappa shape index (κ3) is 7.39. The van der Waals surface area contributed by atoms with Crippen molar-refractivity contribution >= 4 is 28.3 Å². The largest absolute Gasteiger partial charge is 0.417 e. The van der Waals surface area contributed by atoms with E-state index >= 15 is 0 Å². The van der Waals surface area contributed by atoms with Crippen LogP contribution >= 0.6 is 10.8 Å². The first-order valence-corrected chi connectivity index (χ1v) is 13.4. The molecule has 0 heterocycles. The van der Waals surface area contributed by atoms with Crippen LogP contribution in [0.15, 0.2) is 29.2 Å². The molecule has 0 saturated heterocycles. The van der Waals surface area contributed by atoms with E-state index in [0.717, 1.165) is 16.4 Å². The second kappa shape index (κ2) is 8.16. The molecule has 0 atom stereocenters. The Bertz CT molecular complexity index is 590. The summed E-state index contributed by atoms with van der Waals surface area (Å²) < 4.78 is 34.9. The molecule has 0 radical (unpaired) electrons. The standard InChI is InChI=1S/C16H28O4S2Si/c1-14-8-10-15(11-9-14)21-22(17,18)19-12-7-13-20-23(5,6)16(2,3)4/h8-11H,7,12-13H2,1-6H3. The Morgan fingerprint density at radius 2 is 1.65 bits per heavy atom. The van der Waals surface area contributed by atoms with Crippen LogP contribution in [0.1, 0.15) is 32.8 Å². The normalized spacial score (nSPS) is 13.3. The summed E-state index contributed by atoms with van der Waals surface area (Å²) in [5.74, 6) is 0. The monoisotopic (exact) mass is 376 g/mol. The van der Waals surface area contributed by atoms with Crippen molar-refractivity contribution in [2.24, 2.45) is 0 Å². The molecule has 0 aliphatic heterocycles. The first-order valence-electron chi connectivity index (χ1n) is 7.72. The second-order valence-corrected chi connectivity index (χ2v) is 15.3. The van der Waals surface area contributed by atoms with Crippen molar-refractivity contribution < 1.29 is 17.0 Å². The van der Waals surface area contributed by atoms with Crippen LogP contribution in [0.3, 0.4) is 0 Å². The Balaban J connectivity index is 2.36. The number of hydrogen-bond acceptors (Lipinski definition) is 5. The summed E-state index contributed by atoms with van der Waals surface area (Å²) in [4.78, 5) is 0.660. The van der Waals surface area contributed by atoms with E-state index in [0.29, 0.717) is 17.9 Å². The van der Waals surface area contributed by atoms with Gasteiger partial charge in [0.2, 0.25) is 0 Å². The summed E-state index contributed by atoms with van der Waals surface area (Å²) in [5, 5.41) is 0.154. The predicted octanol–water partition coefficient (Wildman–Crippen LogP) is 4.76. The maximum absolute atomic E-state index is 11.9. The van der Waals surface area contributed by atoms with Gasteiger partial charge in [0.1, 0.15) is 0 Å². The molecule has 0 fully saturated rings. The van der Waals surface area contributed by atoms with Crippen LogP contribution in [0.2, 0.25) is 18.1 Å². The van der Waals surface area contributed by atoms with Crippen LogP contribution in [0.4, 0.5) is 0 Å². The van der Waals surface area contributed by atoms with Crippen molar-refractivity contribution in [1.82, 2.24) is 0 Å². The zero-order chi connectivity index (χ0) is 17.7. The minimum Gasteiger partial charge on any atom is -0.417 e. The van der Waals surface area contributed by atoms with Gasteiger partial charge < -0.3 is 4.43 Å². The third-order valence-corrected chi connectivity index (χ3v) is 11.1. The highest BCUT2D eigenvalue weighted by Gasteiger charge is 2.36. The lowest BCUT2D eigenvalue weighted by atomic mass is 10.2. The fraction of sp³-hybridized carbons (Fsp3) is 0.625. The highest BCUT2D eigenvalue weighted by Crippen LogP contribution is 2.36. The molecule has 1 aromatic rings. The molecule has 7 heteroatoms. The van der Waals surface area contributed by atoms with Gasteiger partial charge in [0, 0.05) is 22.3 Å². The summed E-state index contributed by atoms with van der Waals surface area (Å²) in [6, 6.07) is 7.32. The van der Waals surface area contributed by atoms with Gasteiger partial charge in [0.05, 0.1) is 6.61 Å². The van der Waals surface area contributed by atoms with E-state index in [1.807, 2.05) is 19.1 Å². The first kappa shape index (κ1) is 20.7. The van der Waals surface area contributed by atoms with E-state index in [9.17, 15) is 8.42 Å². The molecule has 0 aromatic heterocycles. The van der Waals surface area contributed by atoms with Crippen LogP contribution in [0.5, 0.6) is 0 Å². The molecule has 0 spiro atoms. The lowest BCUT2D eigenvalue weighted by molar-refractivity contribution is 0.240. The van der Waals surface area contributed by atoms with E-state index in [4.69, 9.17) is 8.61 Å². The average molecular weight is 377 g/mol. The molecule has 1 aromatic carbocycles. The van der Waals surface area contributed by atoms with E-state index in [-0.39, 0.29) is 11.6 Å². The molecule has 1 rings (SSSR count). The third-order valence-electron chi connectivity index (χ3n) is 4.00. The summed E-state index contributed by atoms with van der Waals surface area (Å²) in [5.41, 5.74) is 1.09. The number of benzene rings is 1. The molecular weight excluding hydrogens is 348 g/mol. The molecule has 0 unspecified atom stereocenters. The lowest BCUT2D eigenvalue weighted by Crippen LogP contribution is -2.41. The van der Waals surface area contributed by atoms with Crippen LogP contribution in [0, 0.1) is 6.92 Å². The second-order valence-electron chi connectivity index (χ2n) is 7.09. The molecule has 132 valence electrons. The number of aryl methyl sites for hydroxylation is 1. The molecule has 0 aliphatic rings. The van der Waals surface area contributed by atoms with Crippen LogP contribution in [0.25, 0.3) is 0 Å². The minimum absolute atomic E-state index is 0.149.